The van der Waals surface area contributed by atoms with E-state index in [2.05, 4.69) is 43.3 Å². The largest absolute Gasteiger partial charge is 0.298 e. The van der Waals surface area contributed by atoms with Crippen molar-refractivity contribution in [3.8, 4) is 11.1 Å². The molecule has 1 heteroatoms. The third-order valence-electron chi connectivity index (χ3n) is 3.48. The number of carbonyl (C=O) groups is 1. The standard InChI is InChI=1S/C18H14O/c1-13-9-10-17(18-8-3-2-7-16(13)18)15-6-4-5-14(11-15)12-19/h2-12H,1H3. The molecule has 0 aliphatic heterocycles. The van der Waals surface area contributed by atoms with E-state index in [4.69, 9.17) is 0 Å². The molecule has 0 N–H and O–H groups in total. The highest BCUT2D eigenvalue weighted by molar-refractivity contribution is 5.99. The van der Waals surface area contributed by atoms with Crippen molar-refractivity contribution in [2.24, 2.45) is 0 Å². The van der Waals surface area contributed by atoms with E-state index >= 15 is 0 Å². The molecule has 0 fully saturated rings. The summed E-state index contributed by atoms with van der Waals surface area (Å²) in [4.78, 5) is 10.9. The highest BCUT2D eigenvalue weighted by Crippen LogP contribution is 2.30. The van der Waals surface area contributed by atoms with Crippen LogP contribution in [-0.2, 0) is 0 Å². The molecule has 0 saturated carbocycles. The highest BCUT2D eigenvalue weighted by atomic mass is 16.1. The lowest BCUT2D eigenvalue weighted by atomic mass is 9.95. The topological polar surface area (TPSA) is 17.1 Å². The van der Waals surface area contributed by atoms with E-state index in [0.29, 0.717) is 5.56 Å². The van der Waals surface area contributed by atoms with Crippen molar-refractivity contribution in [3.05, 3.63) is 71.8 Å². The van der Waals surface area contributed by atoms with Crippen molar-refractivity contribution >= 4 is 17.1 Å². The molecule has 92 valence electrons. The maximum atomic E-state index is 10.9. The Morgan fingerprint density at radius 2 is 1.63 bits per heavy atom. The summed E-state index contributed by atoms with van der Waals surface area (Å²) in [6, 6.07) is 20.4. The average Bonchev–Trinajstić information content (AvgIpc) is 2.48. The fourth-order valence-electron chi connectivity index (χ4n) is 2.48. The summed E-state index contributed by atoms with van der Waals surface area (Å²) in [6.07, 6.45) is 0.889. The molecule has 0 aliphatic rings. The monoisotopic (exact) mass is 246 g/mol. The Bertz CT molecular complexity index is 756. The van der Waals surface area contributed by atoms with Gasteiger partial charge in [-0.05, 0) is 40.5 Å². The summed E-state index contributed by atoms with van der Waals surface area (Å²) in [5.74, 6) is 0. The van der Waals surface area contributed by atoms with E-state index < -0.39 is 0 Å². The van der Waals surface area contributed by atoms with Crippen LogP contribution in [-0.4, -0.2) is 6.29 Å². The lowest BCUT2D eigenvalue weighted by Gasteiger charge is -2.09. The van der Waals surface area contributed by atoms with E-state index in [1.165, 1.54) is 21.9 Å². The first kappa shape index (κ1) is 11.7. The number of fused-ring (bicyclic) bond motifs is 1. The second-order valence-corrected chi connectivity index (χ2v) is 4.72. The van der Waals surface area contributed by atoms with Crippen LogP contribution in [0.1, 0.15) is 15.9 Å². The summed E-state index contributed by atoms with van der Waals surface area (Å²) >= 11 is 0. The molecule has 0 aliphatic carbocycles. The minimum absolute atomic E-state index is 0.710. The summed E-state index contributed by atoms with van der Waals surface area (Å²) in [5.41, 5.74) is 4.23. The fraction of sp³-hybridized carbons (Fsp3) is 0.0556. The number of rotatable bonds is 2. The Hall–Kier alpha value is -2.41. The molecule has 0 radical (unpaired) electrons. The van der Waals surface area contributed by atoms with Gasteiger partial charge in [0.15, 0.2) is 0 Å². The van der Waals surface area contributed by atoms with Gasteiger partial charge in [-0.25, -0.2) is 0 Å². The summed E-state index contributed by atoms with van der Waals surface area (Å²) in [6.45, 7) is 2.12. The highest BCUT2D eigenvalue weighted by Gasteiger charge is 2.05. The first-order valence-corrected chi connectivity index (χ1v) is 6.33. The molecular weight excluding hydrogens is 232 g/mol. The van der Waals surface area contributed by atoms with Gasteiger partial charge in [-0.15, -0.1) is 0 Å². The van der Waals surface area contributed by atoms with Gasteiger partial charge in [0.2, 0.25) is 0 Å². The third-order valence-corrected chi connectivity index (χ3v) is 3.48. The second kappa shape index (κ2) is 4.69. The summed E-state index contributed by atoms with van der Waals surface area (Å²) in [7, 11) is 0. The van der Waals surface area contributed by atoms with Gasteiger partial charge >= 0.3 is 0 Å². The molecule has 3 rings (SSSR count). The van der Waals surface area contributed by atoms with Crippen molar-refractivity contribution in [2.45, 2.75) is 6.92 Å². The van der Waals surface area contributed by atoms with Gasteiger partial charge in [0.05, 0.1) is 0 Å². The minimum atomic E-state index is 0.710. The van der Waals surface area contributed by atoms with Crippen molar-refractivity contribution in [3.63, 3.8) is 0 Å². The van der Waals surface area contributed by atoms with Gasteiger partial charge in [-0.2, -0.15) is 0 Å². The molecule has 0 spiro atoms. The Kier molecular flexibility index (Phi) is 2.88. The van der Waals surface area contributed by atoms with Crippen LogP contribution in [0, 0.1) is 6.92 Å². The van der Waals surface area contributed by atoms with E-state index in [1.54, 1.807) is 0 Å². The number of hydrogen-bond donors (Lipinski definition) is 0. The van der Waals surface area contributed by atoms with Crippen molar-refractivity contribution in [1.82, 2.24) is 0 Å². The van der Waals surface area contributed by atoms with Crippen molar-refractivity contribution in [1.29, 1.82) is 0 Å². The predicted octanol–water partition coefficient (Wildman–Crippen LogP) is 4.63. The lowest BCUT2D eigenvalue weighted by molar-refractivity contribution is 0.112. The molecule has 0 atom stereocenters. The summed E-state index contributed by atoms with van der Waals surface area (Å²) < 4.78 is 0. The maximum Gasteiger partial charge on any atom is 0.150 e. The van der Waals surface area contributed by atoms with Gasteiger partial charge < -0.3 is 0 Å². The second-order valence-electron chi connectivity index (χ2n) is 4.72. The van der Waals surface area contributed by atoms with Crippen molar-refractivity contribution in [2.75, 3.05) is 0 Å². The Balaban J connectivity index is 2.30. The molecule has 0 amide bonds. The first-order chi connectivity index (χ1) is 9.29. The molecule has 0 saturated heterocycles. The Morgan fingerprint density at radius 3 is 2.42 bits per heavy atom. The zero-order valence-electron chi connectivity index (χ0n) is 10.8. The van der Waals surface area contributed by atoms with Gasteiger partial charge in [-0.1, -0.05) is 54.6 Å². The summed E-state index contributed by atoms with van der Waals surface area (Å²) in [5, 5.41) is 2.49. The number of aldehydes is 1. The molecular formula is C18H14O. The smallest absolute Gasteiger partial charge is 0.150 e. The van der Waals surface area contributed by atoms with Gasteiger partial charge in [0.25, 0.3) is 0 Å². The zero-order chi connectivity index (χ0) is 13.2. The number of hydrogen-bond acceptors (Lipinski definition) is 1. The van der Waals surface area contributed by atoms with E-state index in [9.17, 15) is 4.79 Å². The molecule has 0 heterocycles. The number of aryl methyl sites for hydroxylation is 1. The van der Waals surface area contributed by atoms with Gasteiger partial charge in [0, 0.05) is 5.56 Å². The lowest BCUT2D eigenvalue weighted by Crippen LogP contribution is -1.86. The van der Waals surface area contributed by atoms with E-state index in [-0.39, 0.29) is 0 Å². The average molecular weight is 246 g/mol. The Labute approximate surface area is 112 Å². The molecule has 0 bridgehead atoms. The number of benzene rings is 3. The van der Waals surface area contributed by atoms with Gasteiger partial charge in [0.1, 0.15) is 6.29 Å². The molecule has 0 aromatic heterocycles. The molecule has 3 aromatic carbocycles. The molecule has 1 nitrogen and oxygen atoms in total. The van der Waals surface area contributed by atoms with Crippen LogP contribution in [0.3, 0.4) is 0 Å². The predicted molar refractivity (Wildman–Crippen MR) is 79.5 cm³/mol. The molecule has 0 unspecified atom stereocenters. The Morgan fingerprint density at radius 1 is 0.842 bits per heavy atom. The van der Waals surface area contributed by atoms with Gasteiger partial charge in [-0.3, -0.25) is 4.79 Å². The van der Waals surface area contributed by atoms with E-state index in [1.807, 2.05) is 24.3 Å². The zero-order valence-corrected chi connectivity index (χ0v) is 10.8. The quantitative estimate of drug-likeness (QED) is 0.602. The van der Waals surface area contributed by atoms with Crippen LogP contribution < -0.4 is 0 Å². The van der Waals surface area contributed by atoms with E-state index in [0.717, 1.165) is 11.8 Å². The van der Waals surface area contributed by atoms with Crippen LogP contribution >= 0.6 is 0 Å². The van der Waals surface area contributed by atoms with Crippen LogP contribution in [0.25, 0.3) is 21.9 Å². The minimum Gasteiger partial charge on any atom is -0.298 e. The fourth-order valence-corrected chi connectivity index (χ4v) is 2.48. The third kappa shape index (κ3) is 2.04. The normalized spacial score (nSPS) is 10.6. The maximum absolute atomic E-state index is 10.9. The van der Waals surface area contributed by atoms with Crippen LogP contribution in [0.5, 0.6) is 0 Å². The van der Waals surface area contributed by atoms with Crippen LogP contribution in [0.15, 0.2) is 60.7 Å². The molecule has 3 aromatic rings. The SMILES string of the molecule is Cc1ccc(-c2cccc(C=O)c2)c2ccccc12. The molecule has 19 heavy (non-hydrogen) atoms. The first-order valence-electron chi connectivity index (χ1n) is 6.33. The number of carbonyl (C=O) groups excluding carboxylic acids is 1. The van der Waals surface area contributed by atoms with Crippen molar-refractivity contribution < 1.29 is 4.79 Å². The van der Waals surface area contributed by atoms with Crippen LogP contribution in [0.4, 0.5) is 0 Å². The van der Waals surface area contributed by atoms with Crippen LogP contribution in [0.2, 0.25) is 0 Å².